The summed E-state index contributed by atoms with van der Waals surface area (Å²) in [6.45, 7) is 0. The maximum absolute atomic E-state index is 12.6. The smallest absolute Gasteiger partial charge is 0.231 e. The third kappa shape index (κ3) is 2.63. The Bertz CT molecular complexity index is 568. The van der Waals surface area contributed by atoms with Gasteiger partial charge in [-0.05, 0) is 28.7 Å². The van der Waals surface area contributed by atoms with Gasteiger partial charge in [0.25, 0.3) is 6.43 Å². The second-order valence-corrected chi connectivity index (χ2v) is 5.30. The van der Waals surface area contributed by atoms with Crippen LogP contribution < -0.4 is 5.14 Å². The highest BCUT2D eigenvalue weighted by atomic mass is 127. The Hall–Kier alpha value is -0.860. The third-order valence-corrected chi connectivity index (χ3v) is 3.12. The Balaban J connectivity index is 3.73. The van der Waals surface area contributed by atoms with Gasteiger partial charge in [0, 0.05) is 0 Å². The van der Waals surface area contributed by atoms with Gasteiger partial charge in [0.1, 0.15) is 9.77 Å². The Kier molecular flexibility index (Phi) is 3.76. The molecule has 0 radical (unpaired) electrons. The average Bonchev–Trinajstić information content (AvgIpc) is 2.14. The van der Waals surface area contributed by atoms with Crippen molar-refractivity contribution < 1.29 is 17.2 Å². The molecule has 1 heterocycles. The van der Waals surface area contributed by atoms with Gasteiger partial charge in [-0.1, -0.05) is 0 Å². The molecule has 0 spiro atoms. The van der Waals surface area contributed by atoms with Crippen LogP contribution in [0.15, 0.2) is 11.0 Å². The molecule has 2 N–H and O–H groups in total. The maximum Gasteiger partial charge on any atom is 0.267 e. The molecule has 5 nitrogen and oxygen atoms in total. The van der Waals surface area contributed by atoms with Crippen molar-refractivity contribution >= 4 is 32.6 Å². The van der Waals surface area contributed by atoms with Crippen molar-refractivity contribution in [3.8, 4) is 6.07 Å². The Labute approximate surface area is 103 Å². The van der Waals surface area contributed by atoms with E-state index in [-0.39, 0.29) is 3.70 Å². The minimum absolute atomic E-state index is 0.0996. The second kappa shape index (κ2) is 4.56. The number of aromatic nitrogens is 1. The van der Waals surface area contributed by atoms with Crippen molar-refractivity contribution in [1.82, 2.24) is 4.98 Å². The Morgan fingerprint density at radius 3 is 2.50 bits per heavy atom. The van der Waals surface area contributed by atoms with Crippen molar-refractivity contribution in [1.29, 1.82) is 5.26 Å². The van der Waals surface area contributed by atoms with Crippen molar-refractivity contribution in [2.75, 3.05) is 0 Å². The molecule has 0 bridgehead atoms. The van der Waals surface area contributed by atoms with Crippen LogP contribution in [0.5, 0.6) is 0 Å². The number of sulfonamides is 1. The van der Waals surface area contributed by atoms with Gasteiger partial charge in [0.2, 0.25) is 10.0 Å². The van der Waals surface area contributed by atoms with Gasteiger partial charge in [-0.15, -0.1) is 0 Å². The summed E-state index contributed by atoms with van der Waals surface area (Å²) in [6.07, 6.45) is -3.13. The number of halogens is 3. The van der Waals surface area contributed by atoms with E-state index in [4.69, 9.17) is 10.4 Å². The fraction of sp³-hybridized carbons (Fsp3) is 0.143. The summed E-state index contributed by atoms with van der Waals surface area (Å²) in [5.74, 6) is 0. The molecule has 0 atom stereocenters. The molecule has 0 aliphatic carbocycles. The van der Waals surface area contributed by atoms with Crippen LogP contribution in [0, 0.1) is 15.0 Å². The van der Waals surface area contributed by atoms with Crippen LogP contribution in [0.2, 0.25) is 0 Å². The largest absolute Gasteiger partial charge is 0.267 e. The first kappa shape index (κ1) is 13.2. The van der Waals surface area contributed by atoms with Gasteiger partial charge in [-0.3, -0.25) is 0 Å². The number of primary sulfonamides is 1. The molecule has 1 aromatic heterocycles. The van der Waals surface area contributed by atoms with E-state index >= 15 is 0 Å². The highest BCUT2D eigenvalue weighted by Gasteiger charge is 2.26. The van der Waals surface area contributed by atoms with Crippen molar-refractivity contribution in [3.63, 3.8) is 0 Å². The van der Waals surface area contributed by atoms with E-state index in [1.165, 1.54) is 6.07 Å². The first-order valence-electron chi connectivity index (χ1n) is 3.69. The van der Waals surface area contributed by atoms with E-state index in [1.54, 1.807) is 22.6 Å². The minimum Gasteiger partial charge on any atom is -0.231 e. The first-order chi connectivity index (χ1) is 7.27. The number of hydrogen-bond donors (Lipinski definition) is 1. The number of rotatable bonds is 2. The Morgan fingerprint density at radius 2 is 2.12 bits per heavy atom. The molecular weight excluding hydrogens is 355 g/mol. The summed E-state index contributed by atoms with van der Waals surface area (Å²) < 4.78 is 47.5. The zero-order valence-corrected chi connectivity index (χ0v) is 10.5. The zero-order chi connectivity index (χ0) is 12.5. The predicted octanol–water partition coefficient (Wildman–Crippen LogP) is 1.14. The van der Waals surface area contributed by atoms with Gasteiger partial charge >= 0.3 is 0 Å². The van der Waals surface area contributed by atoms with Crippen LogP contribution in [-0.4, -0.2) is 13.4 Å². The number of nitrogens with two attached hydrogens (primary N) is 1. The van der Waals surface area contributed by atoms with Crippen LogP contribution in [0.1, 0.15) is 17.7 Å². The predicted molar refractivity (Wildman–Crippen MR) is 58.0 cm³/mol. The molecule has 0 saturated heterocycles. The average molecular weight is 359 g/mol. The lowest BCUT2D eigenvalue weighted by Gasteiger charge is -2.08. The van der Waals surface area contributed by atoms with Crippen LogP contribution in [-0.2, 0) is 10.0 Å². The molecule has 0 amide bonds. The van der Waals surface area contributed by atoms with Crippen LogP contribution >= 0.6 is 22.6 Å². The van der Waals surface area contributed by atoms with E-state index < -0.39 is 32.6 Å². The monoisotopic (exact) mass is 359 g/mol. The number of pyridine rings is 1. The fourth-order valence-corrected chi connectivity index (χ4v) is 2.57. The lowest BCUT2D eigenvalue weighted by Crippen LogP contribution is -2.17. The van der Waals surface area contributed by atoms with Gasteiger partial charge in [0.15, 0.2) is 5.69 Å². The van der Waals surface area contributed by atoms with Crippen LogP contribution in [0.4, 0.5) is 8.78 Å². The minimum atomic E-state index is -4.31. The number of hydrogen-bond acceptors (Lipinski definition) is 4. The topological polar surface area (TPSA) is 96.8 Å². The van der Waals surface area contributed by atoms with Gasteiger partial charge in [-0.2, -0.15) is 5.26 Å². The van der Waals surface area contributed by atoms with Crippen molar-refractivity contribution in [3.05, 3.63) is 21.0 Å². The maximum atomic E-state index is 12.6. The summed E-state index contributed by atoms with van der Waals surface area (Å²) in [5.41, 5.74) is -1.59. The fourth-order valence-electron chi connectivity index (χ4n) is 1.03. The number of nitrogens with zero attached hydrogens (tertiary/aromatic N) is 2. The lowest BCUT2D eigenvalue weighted by atomic mass is 10.2. The normalized spacial score (nSPS) is 11.5. The standard InChI is InChI=1S/C7H4F2IN3O2S/c8-7(9)6-3(2-11)13-5(10)1-4(6)16(12,14)15/h1,7H,(H2,12,14,15). The summed E-state index contributed by atoms with van der Waals surface area (Å²) in [4.78, 5) is 2.75. The highest BCUT2D eigenvalue weighted by molar-refractivity contribution is 14.1. The summed E-state index contributed by atoms with van der Waals surface area (Å²) in [7, 11) is -4.31. The molecule has 9 heteroatoms. The highest BCUT2D eigenvalue weighted by Crippen LogP contribution is 2.29. The molecule has 0 aliphatic heterocycles. The SMILES string of the molecule is N#Cc1nc(I)cc(S(N)(=O)=O)c1C(F)F. The molecule has 0 aliphatic rings. The van der Waals surface area contributed by atoms with Gasteiger partial charge in [-0.25, -0.2) is 27.3 Å². The molecule has 0 saturated carbocycles. The molecule has 1 aromatic rings. The summed E-state index contributed by atoms with van der Waals surface area (Å²) in [6, 6.07) is 2.32. The second-order valence-electron chi connectivity index (χ2n) is 2.66. The number of alkyl halides is 2. The molecule has 0 fully saturated rings. The summed E-state index contributed by atoms with van der Waals surface area (Å²) >= 11 is 1.61. The molecule has 16 heavy (non-hydrogen) atoms. The number of nitriles is 1. The van der Waals surface area contributed by atoms with Crippen molar-refractivity contribution in [2.24, 2.45) is 5.14 Å². The zero-order valence-electron chi connectivity index (χ0n) is 7.49. The molecule has 1 rings (SSSR count). The van der Waals surface area contributed by atoms with Gasteiger partial charge < -0.3 is 0 Å². The Morgan fingerprint density at radius 1 is 1.56 bits per heavy atom. The molecule has 0 aromatic carbocycles. The summed E-state index contributed by atoms with van der Waals surface area (Å²) in [5, 5.41) is 13.4. The van der Waals surface area contributed by atoms with E-state index in [9.17, 15) is 17.2 Å². The quantitative estimate of drug-likeness (QED) is 0.633. The van der Waals surface area contributed by atoms with Crippen LogP contribution in [0.3, 0.4) is 0 Å². The molecule has 0 unspecified atom stereocenters. The van der Waals surface area contributed by atoms with E-state index in [0.29, 0.717) is 0 Å². The van der Waals surface area contributed by atoms with Crippen LogP contribution in [0.25, 0.3) is 0 Å². The van der Waals surface area contributed by atoms with E-state index in [1.807, 2.05) is 0 Å². The van der Waals surface area contributed by atoms with Gasteiger partial charge in [0.05, 0.1) is 10.5 Å². The van der Waals surface area contributed by atoms with E-state index in [0.717, 1.165) is 6.07 Å². The third-order valence-electron chi connectivity index (χ3n) is 1.62. The van der Waals surface area contributed by atoms with Crippen molar-refractivity contribution in [2.45, 2.75) is 11.3 Å². The van der Waals surface area contributed by atoms with E-state index in [2.05, 4.69) is 4.98 Å². The lowest BCUT2D eigenvalue weighted by molar-refractivity contribution is 0.147. The first-order valence-corrected chi connectivity index (χ1v) is 6.31. The molecular formula is C7H4F2IN3O2S. The molecule has 86 valence electrons.